The molecule has 3 fully saturated rings. The molecule has 17 heavy (non-hydrogen) atoms. The summed E-state index contributed by atoms with van der Waals surface area (Å²) >= 11 is 0. The molecule has 3 N–H and O–H groups in total. The molecule has 0 aromatic heterocycles. The first kappa shape index (κ1) is 11.5. The second-order valence-electron chi connectivity index (χ2n) is 6.64. The van der Waals surface area contributed by atoms with Gasteiger partial charge in [0.15, 0.2) is 0 Å². The Morgan fingerprint density at radius 1 is 1.18 bits per heavy atom. The Morgan fingerprint density at radius 2 is 1.88 bits per heavy atom. The van der Waals surface area contributed by atoms with Crippen LogP contribution >= 0.6 is 0 Å². The van der Waals surface area contributed by atoms with Crippen LogP contribution < -0.4 is 11.1 Å². The minimum Gasteiger partial charge on any atom is -0.368 e. The van der Waals surface area contributed by atoms with E-state index in [1.807, 2.05) is 0 Å². The van der Waals surface area contributed by atoms with Gasteiger partial charge in [0.2, 0.25) is 5.91 Å². The second-order valence-corrected chi connectivity index (χ2v) is 6.64. The number of primary amides is 1. The molecule has 1 aliphatic heterocycles. The number of carbonyl (C=O) groups is 1. The van der Waals surface area contributed by atoms with Gasteiger partial charge in [0.1, 0.15) is 0 Å². The van der Waals surface area contributed by atoms with Gasteiger partial charge in [-0.1, -0.05) is 0 Å². The van der Waals surface area contributed by atoms with Crippen LogP contribution in [0.2, 0.25) is 0 Å². The highest BCUT2D eigenvalue weighted by molar-refractivity contribution is 5.80. The van der Waals surface area contributed by atoms with E-state index in [1.54, 1.807) is 0 Å². The molecule has 3 aliphatic rings. The van der Waals surface area contributed by atoms with Crippen molar-refractivity contribution in [2.75, 3.05) is 6.54 Å². The third kappa shape index (κ3) is 2.49. The predicted octanol–water partition coefficient (Wildman–Crippen LogP) is 1.81. The van der Waals surface area contributed by atoms with Gasteiger partial charge in [0, 0.05) is 0 Å². The SMILES string of the molecule is NC(=O)C1CC(CC2CCC3(CC2)CC3)CN1. The van der Waals surface area contributed by atoms with Gasteiger partial charge >= 0.3 is 0 Å². The fourth-order valence-electron chi connectivity index (χ4n) is 3.88. The average Bonchev–Trinajstić information content (AvgIpc) is 2.89. The highest BCUT2D eigenvalue weighted by Gasteiger charge is 2.45. The standard InChI is InChI=1S/C14H24N2O/c15-13(17)12-8-11(9-16-12)7-10-1-3-14(4-2-10)5-6-14/h10-12,16H,1-9H2,(H2,15,17). The molecular formula is C14H24N2O. The maximum atomic E-state index is 11.1. The van der Waals surface area contributed by atoms with Gasteiger partial charge in [-0.3, -0.25) is 4.79 Å². The van der Waals surface area contributed by atoms with E-state index in [0.29, 0.717) is 5.92 Å². The Bertz CT molecular complexity index is 301. The van der Waals surface area contributed by atoms with Crippen molar-refractivity contribution in [3.8, 4) is 0 Å². The number of nitrogens with one attached hydrogen (secondary N) is 1. The van der Waals surface area contributed by atoms with E-state index in [2.05, 4.69) is 5.32 Å². The molecule has 3 nitrogen and oxygen atoms in total. The zero-order chi connectivity index (χ0) is 11.9. The van der Waals surface area contributed by atoms with Crippen LogP contribution in [-0.4, -0.2) is 18.5 Å². The first-order valence-corrected chi connectivity index (χ1v) is 7.20. The molecule has 1 spiro atoms. The summed E-state index contributed by atoms with van der Waals surface area (Å²) in [7, 11) is 0. The van der Waals surface area contributed by atoms with Crippen molar-refractivity contribution >= 4 is 5.91 Å². The molecule has 2 saturated carbocycles. The predicted molar refractivity (Wildman–Crippen MR) is 67.3 cm³/mol. The third-order valence-electron chi connectivity index (χ3n) is 5.36. The van der Waals surface area contributed by atoms with Crippen molar-refractivity contribution in [2.24, 2.45) is 23.0 Å². The summed E-state index contributed by atoms with van der Waals surface area (Å²) in [4.78, 5) is 11.1. The minimum atomic E-state index is -0.173. The first-order chi connectivity index (χ1) is 8.17. The van der Waals surface area contributed by atoms with Gasteiger partial charge in [-0.25, -0.2) is 0 Å². The number of nitrogens with two attached hydrogens (primary N) is 1. The van der Waals surface area contributed by atoms with E-state index in [1.165, 1.54) is 44.9 Å². The highest BCUT2D eigenvalue weighted by Crippen LogP contribution is 2.57. The number of rotatable bonds is 3. The largest absolute Gasteiger partial charge is 0.368 e. The summed E-state index contributed by atoms with van der Waals surface area (Å²) < 4.78 is 0. The van der Waals surface area contributed by atoms with Crippen LogP contribution in [0.15, 0.2) is 0 Å². The van der Waals surface area contributed by atoms with E-state index in [4.69, 9.17) is 5.73 Å². The van der Waals surface area contributed by atoms with Crippen molar-refractivity contribution in [1.82, 2.24) is 5.32 Å². The normalized spacial score (nSPS) is 36.2. The summed E-state index contributed by atoms with van der Waals surface area (Å²) in [6.07, 6.45) is 11.1. The van der Waals surface area contributed by atoms with Crippen LogP contribution in [0.5, 0.6) is 0 Å². The van der Waals surface area contributed by atoms with Crippen LogP contribution in [0.25, 0.3) is 0 Å². The monoisotopic (exact) mass is 236 g/mol. The number of hydrogen-bond acceptors (Lipinski definition) is 2. The van der Waals surface area contributed by atoms with Crippen LogP contribution in [0.3, 0.4) is 0 Å². The fourth-order valence-corrected chi connectivity index (χ4v) is 3.88. The quantitative estimate of drug-likeness (QED) is 0.785. The molecule has 0 aromatic carbocycles. The van der Waals surface area contributed by atoms with Gasteiger partial charge in [0.05, 0.1) is 6.04 Å². The molecule has 2 aliphatic carbocycles. The van der Waals surface area contributed by atoms with E-state index in [9.17, 15) is 4.79 Å². The van der Waals surface area contributed by atoms with Gasteiger partial charge in [-0.2, -0.15) is 0 Å². The smallest absolute Gasteiger partial charge is 0.234 e. The zero-order valence-electron chi connectivity index (χ0n) is 10.6. The van der Waals surface area contributed by atoms with E-state index in [0.717, 1.165) is 24.3 Å². The molecule has 3 heteroatoms. The molecule has 0 bridgehead atoms. The molecule has 96 valence electrons. The van der Waals surface area contributed by atoms with Gasteiger partial charge in [0.25, 0.3) is 0 Å². The lowest BCUT2D eigenvalue weighted by Gasteiger charge is -2.29. The maximum Gasteiger partial charge on any atom is 0.234 e. The highest BCUT2D eigenvalue weighted by atomic mass is 16.1. The lowest BCUT2D eigenvalue weighted by atomic mass is 9.76. The third-order valence-corrected chi connectivity index (χ3v) is 5.36. The molecule has 1 amide bonds. The molecule has 0 radical (unpaired) electrons. The summed E-state index contributed by atoms with van der Waals surface area (Å²) in [5.41, 5.74) is 6.14. The number of amides is 1. The van der Waals surface area contributed by atoms with Crippen LogP contribution in [0, 0.1) is 17.3 Å². The molecule has 0 aromatic rings. The van der Waals surface area contributed by atoms with Crippen molar-refractivity contribution in [2.45, 2.75) is 57.4 Å². The molecule has 1 heterocycles. The van der Waals surface area contributed by atoms with Crippen molar-refractivity contribution in [3.05, 3.63) is 0 Å². The summed E-state index contributed by atoms with van der Waals surface area (Å²) in [5, 5.41) is 3.25. The van der Waals surface area contributed by atoms with E-state index in [-0.39, 0.29) is 11.9 Å². The van der Waals surface area contributed by atoms with E-state index < -0.39 is 0 Å². The second kappa shape index (κ2) is 4.27. The molecule has 2 atom stereocenters. The van der Waals surface area contributed by atoms with E-state index >= 15 is 0 Å². The molecule has 1 saturated heterocycles. The fraction of sp³-hybridized carbons (Fsp3) is 0.929. The lowest BCUT2D eigenvalue weighted by Crippen LogP contribution is -2.36. The summed E-state index contributed by atoms with van der Waals surface area (Å²) in [6.45, 7) is 0.995. The average molecular weight is 236 g/mol. The number of carbonyl (C=O) groups excluding carboxylic acids is 1. The van der Waals surface area contributed by atoms with Gasteiger partial charge in [-0.15, -0.1) is 0 Å². The molecular weight excluding hydrogens is 212 g/mol. The zero-order valence-corrected chi connectivity index (χ0v) is 10.6. The van der Waals surface area contributed by atoms with Crippen molar-refractivity contribution in [3.63, 3.8) is 0 Å². The minimum absolute atomic E-state index is 0.0571. The Kier molecular flexibility index (Phi) is 2.89. The van der Waals surface area contributed by atoms with Gasteiger partial charge < -0.3 is 11.1 Å². The Balaban J connectivity index is 1.44. The summed E-state index contributed by atoms with van der Waals surface area (Å²) in [6, 6.07) is -0.0571. The Labute approximate surface area is 104 Å². The number of hydrogen-bond donors (Lipinski definition) is 2. The first-order valence-electron chi connectivity index (χ1n) is 7.20. The van der Waals surface area contributed by atoms with Crippen LogP contribution in [-0.2, 0) is 4.79 Å². The maximum absolute atomic E-state index is 11.1. The Morgan fingerprint density at radius 3 is 2.41 bits per heavy atom. The summed E-state index contributed by atoms with van der Waals surface area (Å²) in [5.74, 6) is 1.43. The Hall–Kier alpha value is -0.570. The van der Waals surface area contributed by atoms with Crippen molar-refractivity contribution < 1.29 is 4.79 Å². The lowest BCUT2D eigenvalue weighted by molar-refractivity contribution is -0.119. The van der Waals surface area contributed by atoms with Crippen LogP contribution in [0.4, 0.5) is 0 Å². The molecule has 2 unspecified atom stereocenters. The van der Waals surface area contributed by atoms with Gasteiger partial charge in [-0.05, 0) is 75.2 Å². The molecule has 3 rings (SSSR count). The topological polar surface area (TPSA) is 55.1 Å². The van der Waals surface area contributed by atoms with Crippen molar-refractivity contribution in [1.29, 1.82) is 0 Å². The van der Waals surface area contributed by atoms with Crippen LogP contribution in [0.1, 0.15) is 51.4 Å².